The fourth-order valence-electron chi connectivity index (χ4n) is 2.07. The number of carbonyl (C=O) groups is 2. The van der Waals surface area contributed by atoms with Gasteiger partial charge >= 0.3 is 5.97 Å². The topological polar surface area (TPSA) is 136 Å². The highest BCUT2D eigenvalue weighted by Gasteiger charge is 2.20. The third-order valence-electron chi connectivity index (χ3n) is 3.22. The zero-order valence-electron chi connectivity index (χ0n) is 12.2. The number of imidazole rings is 1. The number of carbonyl (C=O) groups excluding carboxylic acids is 1. The van der Waals surface area contributed by atoms with E-state index < -0.39 is 17.9 Å². The van der Waals surface area contributed by atoms with Gasteiger partial charge in [-0.25, -0.2) is 19.7 Å². The van der Waals surface area contributed by atoms with Crippen molar-refractivity contribution in [3.05, 3.63) is 12.7 Å². The van der Waals surface area contributed by atoms with Crippen LogP contribution in [0.25, 0.3) is 11.2 Å². The van der Waals surface area contributed by atoms with Crippen LogP contribution < -0.4 is 11.1 Å². The first kappa shape index (κ1) is 15.7. The van der Waals surface area contributed by atoms with E-state index in [-0.39, 0.29) is 12.4 Å². The fraction of sp³-hybridized carbons (Fsp3) is 0.462. The Morgan fingerprint density at radius 2 is 2.18 bits per heavy atom. The van der Waals surface area contributed by atoms with Crippen molar-refractivity contribution in [2.24, 2.45) is 0 Å². The number of carboxylic acids is 1. The maximum atomic E-state index is 12.0. The van der Waals surface area contributed by atoms with Crippen LogP contribution in [0.2, 0.25) is 0 Å². The number of hydrogen-bond acceptors (Lipinski definition) is 6. The fourth-order valence-corrected chi connectivity index (χ4v) is 2.07. The number of rotatable bonds is 7. The Hall–Kier alpha value is -2.71. The van der Waals surface area contributed by atoms with Gasteiger partial charge in [0.15, 0.2) is 11.5 Å². The molecule has 22 heavy (non-hydrogen) atoms. The predicted molar refractivity (Wildman–Crippen MR) is 78.8 cm³/mol. The molecule has 9 heteroatoms. The number of fused-ring (bicyclic) bond motifs is 1. The van der Waals surface area contributed by atoms with Crippen molar-refractivity contribution in [2.75, 3.05) is 5.73 Å². The number of carboxylic acid groups (broad SMARTS) is 1. The van der Waals surface area contributed by atoms with Gasteiger partial charge in [0, 0.05) is 0 Å². The number of anilines is 1. The van der Waals surface area contributed by atoms with Crippen molar-refractivity contribution in [2.45, 2.75) is 38.8 Å². The summed E-state index contributed by atoms with van der Waals surface area (Å²) in [7, 11) is 0. The molecule has 118 valence electrons. The maximum Gasteiger partial charge on any atom is 0.326 e. The van der Waals surface area contributed by atoms with Gasteiger partial charge < -0.3 is 20.7 Å². The summed E-state index contributed by atoms with van der Waals surface area (Å²) in [5.74, 6) is -1.22. The third-order valence-corrected chi connectivity index (χ3v) is 3.22. The second-order valence-corrected chi connectivity index (χ2v) is 4.90. The van der Waals surface area contributed by atoms with Gasteiger partial charge in [-0.05, 0) is 6.42 Å². The van der Waals surface area contributed by atoms with Crippen LogP contribution in [0.4, 0.5) is 5.82 Å². The minimum Gasteiger partial charge on any atom is -0.480 e. The minimum atomic E-state index is -1.04. The molecule has 0 aliphatic carbocycles. The number of aliphatic carboxylic acids is 1. The first-order valence-electron chi connectivity index (χ1n) is 6.96. The van der Waals surface area contributed by atoms with E-state index in [9.17, 15) is 9.59 Å². The molecule has 0 bridgehead atoms. The van der Waals surface area contributed by atoms with Crippen LogP contribution in [0.1, 0.15) is 26.2 Å². The van der Waals surface area contributed by atoms with Gasteiger partial charge in [0.25, 0.3) is 0 Å². The van der Waals surface area contributed by atoms with Crippen LogP contribution in [0.15, 0.2) is 12.7 Å². The summed E-state index contributed by atoms with van der Waals surface area (Å²) in [4.78, 5) is 35.0. The highest BCUT2D eigenvalue weighted by atomic mass is 16.4. The average Bonchev–Trinajstić information content (AvgIpc) is 2.88. The Balaban J connectivity index is 2.07. The zero-order valence-corrected chi connectivity index (χ0v) is 12.2. The molecule has 0 aromatic carbocycles. The normalized spacial score (nSPS) is 12.2. The molecule has 0 saturated heterocycles. The minimum absolute atomic E-state index is 0.0805. The molecule has 2 heterocycles. The summed E-state index contributed by atoms with van der Waals surface area (Å²) in [6.07, 6.45) is 4.71. The molecule has 1 amide bonds. The number of nitrogens with zero attached hydrogens (tertiary/aromatic N) is 4. The van der Waals surface area contributed by atoms with Crippen LogP contribution in [0.3, 0.4) is 0 Å². The Kier molecular flexibility index (Phi) is 4.87. The van der Waals surface area contributed by atoms with Crippen LogP contribution in [0.5, 0.6) is 0 Å². The number of nitrogens with one attached hydrogen (secondary N) is 1. The van der Waals surface area contributed by atoms with Crippen LogP contribution >= 0.6 is 0 Å². The van der Waals surface area contributed by atoms with E-state index in [2.05, 4.69) is 20.3 Å². The van der Waals surface area contributed by atoms with E-state index in [1.54, 1.807) is 0 Å². The number of aromatic nitrogens is 4. The third kappa shape index (κ3) is 3.48. The van der Waals surface area contributed by atoms with Crippen molar-refractivity contribution in [1.82, 2.24) is 24.8 Å². The standard InChI is InChI=1S/C13H18N6O3/c1-2-3-4-8(13(21)22)18-9(20)5-19-7-17-10-11(14)15-6-16-12(10)19/h6-8H,2-5H2,1H3,(H,18,20)(H,21,22)(H2,14,15,16). The Morgan fingerprint density at radius 1 is 1.41 bits per heavy atom. The van der Waals surface area contributed by atoms with Crippen molar-refractivity contribution < 1.29 is 14.7 Å². The second-order valence-electron chi connectivity index (χ2n) is 4.90. The van der Waals surface area contributed by atoms with Gasteiger partial charge in [-0.2, -0.15) is 0 Å². The highest BCUT2D eigenvalue weighted by molar-refractivity contribution is 5.85. The lowest BCUT2D eigenvalue weighted by atomic mass is 10.1. The van der Waals surface area contributed by atoms with Gasteiger partial charge in [0.1, 0.15) is 24.4 Å². The molecular weight excluding hydrogens is 288 g/mol. The maximum absolute atomic E-state index is 12.0. The van der Waals surface area contributed by atoms with Gasteiger partial charge in [0.05, 0.1) is 6.33 Å². The molecule has 4 N–H and O–H groups in total. The molecular formula is C13H18N6O3. The highest BCUT2D eigenvalue weighted by Crippen LogP contribution is 2.13. The van der Waals surface area contributed by atoms with Gasteiger partial charge in [-0.15, -0.1) is 0 Å². The van der Waals surface area contributed by atoms with E-state index in [0.29, 0.717) is 17.6 Å². The van der Waals surface area contributed by atoms with Crippen molar-refractivity contribution >= 4 is 28.9 Å². The summed E-state index contributed by atoms with van der Waals surface area (Å²) in [5, 5.41) is 11.6. The molecule has 0 spiro atoms. The Bertz CT molecular complexity index is 683. The quantitative estimate of drug-likeness (QED) is 0.663. The van der Waals surface area contributed by atoms with E-state index >= 15 is 0 Å². The molecule has 2 aromatic rings. The molecule has 0 radical (unpaired) electrons. The van der Waals surface area contributed by atoms with Crippen LogP contribution in [-0.2, 0) is 16.1 Å². The number of amides is 1. The lowest BCUT2D eigenvalue weighted by Gasteiger charge is -2.14. The number of unbranched alkanes of at least 4 members (excludes halogenated alkanes) is 1. The number of nitrogen functional groups attached to an aromatic ring is 1. The molecule has 1 atom stereocenters. The smallest absolute Gasteiger partial charge is 0.326 e. The van der Waals surface area contributed by atoms with Gasteiger partial charge in [-0.1, -0.05) is 19.8 Å². The zero-order chi connectivity index (χ0) is 16.1. The Morgan fingerprint density at radius 3 is 2.86 bits per heavy atom. The van der Waals surface area contributed by atoms with E-state index in [1.807, 2.05) is 6.92 Å². The monoisotopic (exact) mass is 306 g/mol. The molecule has 0 fully saturated rings. The number of nitrogens with two attached hydrogens (primary N) is 1. The molecule has 2 rings (SSSR count). The summed E-state index contributed by atoms with van der Waals surface area (Å²) >= 11 is 0. The summed E-state index contributed by atoms with van der Waals surface area (Å²) in [6.45, 7) is 1.88. The average molecular weight is 306 g/mol. The van der Waals surface area contributed by atoms with Crippen molar-refractivity contribution in [1.29, 1.82) is 0 Å². The van der Waals surface area contributed by atoms with E-state index in [0.717, 1.165) is 12.8 Å². The largest absolute Gasteiger partial charge is 0.480 e. The predicted octanol–water partition coefficient (Wildman–Crippen LogP) is 0.168. The molecule has 0 aliphatic rings. The van der Waals surface area contributed by atoms with Crippen LogP contribution in [-0.4, -0.2) is 42.5 Å². The summed E-state index contributed by atoms with van der Waals surface area (Å²) in [5.41, 5.74) is 6.52. The SMILES string of the molecule is CCCCC(NC(=O)Cn1cnc2c(N)ncnc21)C(=O)O. The molecule has 9 nitrogen and oxygen atoms in total. The first-order valence-corrected chi connectivity index (χ1v) is 6.96. The van der Waals surface area contributed by atoms with Gasteiger partial charge in [0.2, 0.25) is 5.91 Å². The molecule has 0 aliphatic heterocycles. The first-order chi connectivity index (χ1) is 10.5. The van der Waals surface area contributed by atoms with E-state index in [1.165, 1.54) is 17.2 Å². The molecule has 0 saturated carbocycles. The number of hydrogen-bond donors (Lipinski definition) is 3. The van der Waals surface area contributed by atoms with Crippen LogP contribution in [0, 0.1) is 0 Å². The lowest BCUT2D eigenvalue weighted by molar-refractivity contribution is -0.142. The molecule has 2 aromatic heterocycles. The van der Waals surface area contributed by atoms with Gasteiger partial charge in [-0.3, -0.25) is 4.79 Å². The molecule has 1 unspecified atom stereocenters. The van der Waals surface area contributed by atoms with E-state index in [4.69, 9.17) is 10.8 Å². The summed E-state index contributed by atoms with van der Waals surface area (Å²) < 4.78 is 1.50. The Labute approximate surface area is 126 Å². The second kappa shape index (κ2) is 6.83. The van der Waals surface area contributed by atoms with Crippen molar-refractivity contribution in [3.8, 4) is 0 Å². The summed E-state index contributed by atoms with van der Waals surface area (Å²) in [6, 6.07) is -0.887. The van der Waals surface area contributed by atoms with Crippen molar-refractivity contribution in [3.63, 3.8) is 0 Å². The lowest BCUT2D eigenvalue weighted by Crippen LogP contribution is -2.42.